The fraction of sp³-hybridized carbons (Fsp3) is 0.444. The molecule has 2 aromatic rings. The average molecular weight is 347 g/mol. The summed E-state index contributed by atoms with van der Waals surface area (Å²) in [6.07, 6.45) is 0. The van der Waals surface area contributed by atoms with Crippen LogP contribution in [-0.2, 0) is 4.74 Å². The lowest BCUT2D eigenvalue weighted by molar-refractivity contribution is 0.0162. The number of morpholine rings is 1. The van der Waals surface area contributed by atoms with Gasteiger partial charge in [-0.1, -0.05) is 17.3 Å². The normalized spacial score (nSPS) is 16.6. The summed E-state index contributed by atoms with van der Waals surface area (Å²) in [5, 5.41) is 6.78. The number of halogens is 1. The monoisotopic (exact) mass is 347 g/mol. The number of nitrogens with one attached hydrogen (secondary N) is 1. The smallest absolute Gasteiger partial charge is 0.256 e. The van der Waals surface area contributed by atoms with Gasteiger partial charge < -0.3 is 14.6 Å². The van der Waals surface area contributed by atoms with Gasteiger partial charge in [0.25, 0.3) is 5.91 Å². The SMILES string of the molecule is Cc1noc(C)c1C(=O)NC[C@H](c1ccc(F)cc1)N1CCOCC1. The number of hydrogen-bond donors (Lipinski definition) is 1. The number of amides is 1. The first-order valence-electron chi connectivity index (χ1n) is 8.34. The molecule has 0 radical (unpaired) electrons. The van der Waals surface area contributed by atoms with E-state index in [1.165, 1.54) is 12.1 Å². The van der Waals surface area contributed by atoms with Gasteiger partial charge >= 0.3 is 0 Å². The van der Waals surface area contributed by atoms with Crippen molar-refractivity contribution >= 4 is 5.91 Å². The minimum atomic E-state index is -0.274. The molecule has 0 unspecified atom stereocenters. The number of aromatic nitrogens is 1. The zero-order chi connectivity index (χ0) is 17.8. The molecule has 0 saturated carbocycles. The van der Waals surface area contributed by atoms with Gasteiger partial charge in [0.15, 0.2) is 0 Å². The van der Waals surface area contributed by atoms with Crippen molar-refractivity contribution in [1.29, 1.82) is 0 Å². The highest BCUT2D eigenvalue weighted by Crippen LogP contribution is 2.22. The zero-order valence-corrected chi connectivity index (χ0v) is 14.4. The lowest BCUT2D eigenvalue weighted by Crippen LogP contribution is -2.43. The first-order chi connectivity index (χ1) is 12.1. The first kappa shape index (κ1) is 17.6. The molecule has 1 atom stereocenters. The van der Waals surface area contributed by atoms with Crippen molar-refractivity contribution in [2.45, 2.75) is 19.9 Å². The maximum Gasteiger partial charge on any atom is 0.256 e. The summed E-state index contributed by atoms with van der Waals surface area (Å²) in [6.45, 7) is 6.70. The Morgan fingerprint density at radius 3 is 2.56 bits per heavy atom. The van der Waals surface area contributed by atoms with Crippen LogP contribution in [0.5, 0.6) is 0 Å². The third kappa shape index (κ3) is 4.05. The largest absolute Gasteiger partial charge is 0.379 e. The lowest BCUT2D eigenvalue weighted by Gasteiger charge is -2.35. The van der Waals surface area contributed by atoms with Crippen molar-refractivity contribution < 1.29 is 18.4 Å². The van der Waals surface area contributed by atoms with Gasteiger partial charge in [-0.05, 0) is 31.5 Å². The Morgan fingerprint density at radius 1 is 1.28 bits per heavy atom. The van der Waals surface area contributed by atoms with Crippen LogP contribution in [0.1, 0.15) is 33.4 Å². The van der Waals surface area contributed by atoms with Crippen LogP contribution in [0, 0.1) is 19.7 Å². The first-order valence-corrected chi connectivity index (χ1v) is 8.34. The molecule has 0 aliphatic carbocycles. The third-order valence-corrected chi connectivity index (χ3v) is 4.46. The van der Waals surface area contributed by atoms with Gasteiger partial charge in [-0.25, -0.2) is 4.39 Å². The van der Waals surface area contributed by atoms with Crippen LogP contribution in [0.4, 0.5) is 4.39 Å². The van der Waals surface area contributed by atoms with Crippen LogP contribution in [0.2, 0.25) is 0 Å². The van der Waals surface area contributed by atoms with E-state index in [9.17, 15) is 9.18 Å². The van der Waals surface area contributed by atoms with Crippen molar-refractivity contribution in [1.82, 2.24) is 15.4 Å². The molecule has 1 aliphatic heterocycles. The van der Waals surface area contributed by atoms with Gasteiger partial charge in [0, 0.05) is 19.6 Å². The molecule has 2 heterocycles. The summed E-state index contributed by atoms with van der Waals surface area (Å²) in [5.41, 5.74) is 2.00. The Morgan fingerprint density at radius 2 is 1.96 bits per heavy atom. The summed E-state index contributed by atoms with van der Waals surface area (Å²) in [6, 6.07) is 6.36. The molecule has 1 saturated heterocycles. The fourth-order valence-corrected chi connectivity index (χ4v) is 3.12. The van der Waals surface area contributed by atoms with Gasteiger partial charge in [0.05, 0.1) is 24.9 Å². The Bertz CT molecular complexity index is 704. The number of hydrogen-bond acceptors (Lipinski definition) is 5. The van der Waals surface area contributed by atoms with Crippen molar-refractivity contribution in [2.75, 3.05) is 32.8 Å². The van der Waals surface area contributed by atoms with Crippen LogP contribution >= 0.6 is 0 Å². The third-order valence-electron chi connectivity index (χ3n) is 4.46. The van der Waals surface area contributed by atoms with Gasteiger partial charge in [0.2, 0.25) is 0 Å². The van der Waals surface area contributed by atoms with Crippen molar-refractivity contribution in [2.24, 2.45) is 0 Å². The lowest BCUT2D eigenvalue weighted by atomic mass is 10.0. The minimum absolute atomic E-state index is 0.0473. The van der Waals surface area contributed by atoms with Crippen LogP contribution in [-0.4, -0.2) is 48.8 Å². The van der Waals surface area contributed by atoms with Gasteiger partial charge in [-0.2, -0.15) is 0 Å². The van der Waals surface area contributed by atoms with Gasteiger partial charge in [0.1, 0.15) is 17.1 Å². The molecule has 7 heteroatoms. The molecule has 3 rings (SSSR count). The maximum atomic E-state index is 13.3. The van der Waals surface area contributed by atoms with E-state index < -0.39 is 0 Å². The van der Waals surface area contributed by atoms with Gasteiger partial charge in [-0.15, -0.1) is 0 Å². The molecular weight excluding hydrogens is 325 g/mol. The summed E-state index contributed by atoms with van der Waals surface area (Å²) in [5.74, 6) is 0.0144. The second kappa shape index (κ2) is 7.76. The van der Waals surface area contributed by atoms with Gasteiger partial charge in [-0.3, -0.25) is 9.69 Å². The predicted octanol–water partition coefficient (Wildman–Crippen LogP) is 2.23. The van der Waals surface area contributed by atoms with E-state index in [2.05, 4.69) is 15.4 Å². The summed E-state index contributed by atoms with van der Waals surface area (Å²) in [7, 11) is 0. The number of rotatable bonds is 5. The van der Waals surface area contributed by atoms with Crippen LogP contribution in [0.15, 0.2) is 28.8 Å². The molecule has 25 heavy (non-hydrogen) atoms. The molecule has 1 amide bonds. The number of aryl methyl sites for hydroxylation is 2. The minimum Gasteiger partial charge on any atom is -0.379 e. The quantitative estimate of drug-likeness (QED) is 0.898. The molecule has 1 fully saturated rings. The maximum absolute atomic E-state index is 13.3. The van der Waals surface area contributed by atoms with E-state index in [1.54, 1.807) is 26.0 Å². The molecular formula is C18H22FN3O3. The second-order valence-corrected chi connectivity index (χ2v) is 6.12. The Labute approximate surface area is 145 Å². The van der Waals surface area contributed by atoms with Crippen LogP contribution < -0.4 is 5.32 Å². The van der Waals surface area contributed by atoms with E-state index >= 15 is 0 Å². The summed E-state index contributed by atoms with van der Waals surface area (Å²) >= 11 is 0. The molecule has 0 bridgehead atoms. The fourth-order valence-electron chi connectivity index (χ4n) is 3.12. The van der Waals surface area contributed by atoms with Crippen molar-refractivity contribution in [3.8, 4) is 0 Å². The highest BCUT2D eigenvalue weighted by Gasteiger charge is 2.25. The standard InChI is InChI=1S/C18H22FN3O3/c1-12-17(13(2)25-21-12)18(23)20-11-16(22-7-9-24-10-8-22)14-3-5-15(19)6-4-14/h3-6,16H,7-11H2,1-2H3,(H,20,23)/t16-/m1/s1. The zero-order valence-electron chi connectivity index (χ0n) is 14.4. The Balaban J connectivity index is 1.75. The van der Waals surface area contributed by atoms with E-state index in [1.807, 2.05) is 0 Å². The summed E-state index contributed by atoms with van der Waals surface area (Å²) in [4.78, 5) is 14.7. The number of ether oxygens (including phenoxy) is 1. The van der Waals surface area contributed by atoms with E-state index in [0.717, 1.165) is 18.7 Å². The molecule has 1 N–H and O–H groups in total. The van der Waals surface area contributed by atoms with E-state index in [4.69, 9.17) is 9.26 Å². The highest BCUT2D eigenvalue weighted by molar-refractivity contribution is 5.96. The predicted molar refractivity (Wildman–Crippen MR) is 89.8 cm³/mol. The molecule has 6 nitrogen and oxygen atoms in total. The summed E-state index contributed by atoms with van der Waals surface area (Å²) < 4.78 is 23.7. The Kier molecular flexibility index (Phi) is 5.45. The average Bonchev–Trinajstić information content (AvgIpc) is 2.96. The van der Waals surface area contributed by atoms with Crippen molar-refractivity contribution in [3.05, 3.63) is 52.7 Å². The number of carbonyl (C=O) groups excluding carboxylic acids is 1. The molecule has 134 valence electrons. The Hall–Kier alpha value is -2.25. The second-order valence-electron chi connectivity index (χ2n) is 6.12. The van der Waals surface area contributed by atoms with E-state index in [-0.39, 0.29) is 17.8 Å². The van der Waals surface area contributed by atoms with E-state index in [0.29, 0.717) is 36.8 Å². The van der Waals surface area contributed by atoms with Crippen LogP contribution in [0.3, 0.4) is 0 Å². The molecule has 1 aliphatic rings. The molecule has 1 aromatic carbocycles. The number of nitrogens with zero attached hydrogens (tertiary/aromatic N) is 2. The van der Waals surface area contributed by atoms with Crippen LogP contribution in [0.25, 0.3) is 0 Å². The number of benzene rings is 1. The van der Waals surface area contributed by atoms with Crippen molar-refractivity contribution in [3.63, 3.8) is 0 Å². The molecule has 1 aromatic heterocycles. The number of carbonyl (C=O) groups is 1. The molecule has 0 spiro atoms. The topological polar surface area (TPSA) is 67.6 Å². The highest BCUT2D eigenvalue weighted by atomic mass is 19.1.